The number of rotatable bonds is 7. The number of hydrogen-bond acceptors (Lipinski definition) is 6. The molecule has 2 aromatic rings. The van der Waals surface area contributed by atoms with Crippen molar-refractivity contribution in [3.05, 3.63) is 81.2 Å². The summed E-state index contributed by atoms with van der Waals surface area (Å²) in [5.74, 6) is -1.12. The van der Waals surface area contributed by atoms with Gasteiger partial charge in [0.2, 0.25) is 0 Å². The Morgan fingerprint density at radius 3 is 2.57 bits per heavy atom. The van der Waals surface area contributed by atoms with E-state index in [1.165, 1.54) is 0 Å². The summed E-state index contributed by atoms with van der Waals surface area (Å²) in [6.07, 6.45) is 1.66. The number of nitrogens with one attached hydrogen (secondary N) is 1. The summed E-state index contributed by atoms with van der Waals surface area (Å²) in [5.41, 5.74) is 4.04. The summed E-state index contributed by atoms with van der Waals surface area (Å²) in [6.45, 7) is 6.15. The van der Waals surface area contributed by atoms with Crippen LogP contribution in [0.25, 0.3) is 0 Å². The summed E-state index contributed by atoms with van der Waals surface area (Å²) in [4.78, 5) is 26.9. The Morgan fingerprint density at radius 2 is 1.89 bits per heavy atom. The summed E-state index contributed by atoms with van der Waals surface area (Å²) in [7, 11) is 0. The van der Waals surface area contributed by atoms with Gasteiger partial charge in [0.25, 0.3) is 0 Å². The monoisotopic (exact) mass is 495 g/mol. The van der Waals surface area contributed by atoms with Gasteiger partial charge in [0.15, 0.2) is 17.3 Å². The van der Waals surface area contributed by atoms with Crippen molar-refractivity contribution in [1.29, 1.82) is 0 Å². The second-order valence-corrected chi connectivity index (χ2v) is 9.25. The molecule has 1 heterocycles. The summed E-state index contributed by atoms with van der Waals surface area (Å²) >= 11 is 6.36. The molecule has 1 aliphatic carbocycles. The smallest absolute Gasteiger partial charge is 0.336 e. The van der Waals surface area contributed by atoms with Gasteiger partial charge in [-0.1, -0.05) is 48.9 Å². The number of phenolic OH excluding ortho intramolecular Hbond substituents is 1. The van der Waals surface area contributed by atoms with E-state index in [0.29, 0.717) is 48.3 Å². The lowest BCUT2D eigenvalue weighted by atomic mass is 9.71. The van der Waals surface area contributed by atoms with E-state index in [1.54, 1.807) is 19.1 Å². The van der Waals surface area contributed by atoms with E-state index in [1.807, 2.05) is 44.2 Å². The number of dihydropyridines is 1. The van der Waals surface area contributed by atoms with Crippen molar-refractivity contribution in [1.82, 2.24) is 5.32 Å². The number of ether oxygens (including phenoxy) is 2. The van der Waals surface area contributed by atoms with Gasteiger partial charge in [-0.05, 0) is 55.9 Å². The highest BCUT2D eigenvalue weighted by molar-refractivity contribution is 6.32. The Morgan fingerprint density at radius 1 is 1.14 bits per heavy atom. The fraction of sp³-hybridized carbons (Fsp3) is 0.357. The minimum absolute atomic E-state index is 0.0342. The zero-order valence-corrected chi connectivity index (χ0v) is 20.9. The third kappa shape index (κ3) is 4.94. The van der Waals surface area contributed by atoms with E-state index in [4.69, 9.17) is 21.1 Å². The SMILES string of the molecule is CCCOC(=O)C1=C(C)NC2=C(C(=O)C[C@@H](c3ccccc3)C2)[C@@H]1c1cc(Cl)c(O)c(OCC)c1. The van der Waals surface area contributed by atoms with Crippen LogP contribution in [0.3, 0.4) is 0 Å². The van der Waals surface area contributed by atoms with Crippen LogP contribution in [-0.2, 0) is 14.3 Å². The first-order valence-electron chi connectivity index (χ1n) is 12.0. The van der Waals surface area contributed by atoms with E-state index >= 15 is 0 Å². The maximum absolute atomic E-state index is 13.7. The van der Waals surface area contributed by atoms with Gasteiger partial charge in [-0.15, -0.1) is 0 Å². The second kappa shape index (κ2) is 10.6. The molecule has 35 heavy (non-hydrogen) atoms. The average molecular weight is 496 g/mol. The van der Waals surface area contributed by atoms with Crippen LogP contribution in [0.1, 0.15) is 63.0 Å². The van der Waals surface area contributed by atoms with E-state index in [0.717, 1.165) is 11.3 Å². The van der Waals surface area contributed by atoms with Crippen LogP contribution in [0.5, 0.6) is 11.5 Å². The summed E-state index contributed by atoms with van der Waals surface area (Å²) < 4.78 is 11.1. The maximum atomic E-state index is 13.7. The lowest BCUT2D eigenvalue weighted by molar-refractivity contribution is -0.139. The number of aromatic hydroxyl groups is 1. The quantitative estimate of drug-likeness (QED) is 0.475. The third-order valence-electron chi connectivity index (χ3n) is 6.44. The largest absolute Gasteiger partial charge is 0.503 e. The topological polar surface area (TPSA) is 84.9 Å². The first-order valence-corrected chi connectivity index (χ1v) is 12.3. The molecule has 2 atom stereocenters. The van der Waals surface area contributed by atoms with Crippen molar-refractivity contribution in [2.24, 2.45) is 0 Å². The molecule has 2 N–H and O–H groups in total. The molecule has 1 aliphatic heterocycles. The van der Waals surface area contributed by atoms with Crippen LogP contribution in [0.2, 0.25) is 5.02 Å². The zero-order chi connectivity index (χ0) is 25.1. The number of phenols is 1. The first-order chi connectivity index (χ1) is 16.8. The van der Waals surface area contributed by atoms with Crippen molar-refractivity contribution in [3.63, 3.8) is 0 Å². The normalized spacial score (nSPS) is 19.8. The second-order valence-electron chi connectivity index (χ2n) is 8.85. The number of Topliss-reactive ketones (excluding diaryl/α,β-unsaturated/α-hetero) is 1. The molecule has 0 radical (unpaired) electrons. The predicted octanol–water partition coefficient (Wildman–Crippen LogP) is 5.76. The van der Waals surface area contributed by atoms with Crippen LogP contribution in [0, 0.1) is 0 Å². The van der Waals surface area contributed by atoms with Gasteiger partial charge in [-0.3, -0.25) is 4.79 Å². The Hall–Kier alpha value is -3.25. The van der Waals surface area contributed by atoms with Crippen LogP contribution in [0.15, 0.2) is 65.0 Å². The molecule has 2 aliphatic rings. The van der Waals surface area contributed by atoms with Crippen LogP contribution < -0.4 is 10.1 Å². The number of carbonyl (C=O) groups excluding carboxylic acids is 2. The standard InChI is InChI=1S/C28H30ClNO5/c1-4-11-35-28(33)24-16(3)30-21-13-18(17-9-7-6-8-10-17)14-22(31)26(21)25(24)19-12-20(29)27(32)23(15-19)34-5-2/h6-10,12,15,18,25,30,32H,4-5,11,13-14H2,1-3H3/t18-,25+/m0/s1. The zero-order valence-electron chi connectivity index (χ0n) is 20.2. The Balaban J connectivity index is 1.84. The van der Waals surface area contributed by atoms with Crippen molar-refractivity contribution in [2.45, 2.75) is 51.9 Å². The van der Waals surface area contributed by atoms with E-state index in [9.17, 15) is 14.7 Å². The first kappa shape index (κ1) is 24.9. The highest BCUT2D eigenvalue weighted by Gasteiger charge is 2.42. The molecule has 6 nitrogen and oxygen atoms in total. The maximum Gasteiger partial charge on any atom is 0.336 e. The fourth-order valence-electron chi connectivity index (χ4n) is 4.90. The number of benzene rings is 2. The molecule has 2 aromatic carbocycles. The molecule has 0 fully saturated rings. The van der Waals surface area contributed by atoms with Crippen LogP contribution in [-0.4, -0.2) is 30.1 Å². The lowest BCUT2D eigenvalue weighted by Crippen LogP contribution is -2.36. The molecule has 7 heteroatoms. The van der Waals surface area contributed by atoms with Gasteiger partial charge in [0.1, 0.15) is 0 Å². The van der Waals surface area contributed by atoms with Crippen molar-refractivity contribution >= 4 is 23.4 Å². The number of esters is 1. The predicted molar refractivity (Wildman–Crippen MR) is 135 cm³/mol. The molecule has 0 amide bonds. The highest BCUT2D eigenvalue weighted by atomic mass is 35.5. The van der Waals surface area contributed by atoms with E-state index < -0.39 is 11.9 Å². The molecule has 0 saturated carbocycles. The summed E-state index contributed by atoms with van der Waals surface area (Å²) in [5, 5.41) is 13.8. The molecule has 0 spiro atoms. The van der Waals surface area contributed by atoms with Crippen LogP contribution >= 0.6 is 11.6 Å². The Labute approximate surface area is 210 Å². The van der Waals surface area contributed by atoms with Crippen molar-refractivity contribution in [3.8, 4) is 11.5 Å². The van der Waals surface area contributed by atoms with Crippen LogP contribution in [0.4, 0.5) is 0 Å². The van der Waals surface area contributed by atoms with Gasteiger partial charge in [-0.25, -0.2) is 4.79 Å². The minimum Gasteiger partial charge on any atom is -0.503 e. The number of carbonyl (C=O) groups is 2. The molecule has 0 unspecified atom stereocenters. The Kier molecular flexibility index (Phi) is 7.51. The third-order valence-corrected chi connectivity index (χ3v) is 6.73. The van der Waals surface area contributed by atoms with Gasteiger partial charge < -0.3 is 19.9 Å². The van der Waals surface area contributed by atoms with Gasteiger partial charge >= 0.3 is 5.97 Å². The lowest BCUT2D eigenvalue weighted by Gasteiger charge is -2.37. The molecular formula is C28H30ClNO5. The number of hydrogen-bond donors (Lipinski definition) is 2. The molecule has 0 saturated heterocycles. The van der Waals surface area contributed by atoms with Gasteiger partial charge in [0, 0.05) is 29.3 Å². The molecule has 184 valence electrons. The van der Waals surface area contributed by atoms with Crippen molar-refractivity contribution in [2.75, 3.05) is 13.2 Å². The van der Waals surface area contributed by atoms with Gasteiger partial charge in [-0.2, -0.15) is 0 Å². The Bertz CT molecular complexity index is 1200. The number of halogens is 1. The molecule has 0 bridgehead atoms. The molecular weight excluding hydrogens is 466 g/mol. The molecule has 0 aromatic heterocycles. The fourth-order valence-corrected chi connectivity index (χ4v) is 5.12. The van der Waals surface area contributed by atoms with E-state index in [-0.39, 0.29) is 34.8 Å². The number of ketones is 1. The van der Waals surface area contributed by atoms with Crippen molar-refractivity contribution < 1.29 is 24.2 Å². The minimum atomic E-state index is -0.683. The molecule has 4 rings (SSSR count). The average Bonchev–Trinajstić information content (AvgIpc) is 2.84. The van der Waals surface area contributed by atoms with Gasteiger partial charge in [0.05, 0.1) is 23.8 Å². The summed E-state index contributed by atoms with van der Waals surface area (Å²) in [6, 6.07) is 13.2. The number of allylic oxidation sites excluding steroid dienone is 3. The highest BCUT2D eigenvalue weighted by Crippen LogP contribution is 2.48. The van der Waals surface area contributed by atoms with E-state index in [2.05, 4.69) is 5.32 Å².